The van der Waals surface area contributed by atoms with E-state index in [1.807, 2.05) is 12.1 Å². The molecule has 7 nitrogen and oxygen atoms in total. The van der Waals surface area contributed by atoms with Crippen LogP contribution in [0.15, 0.2) is 24.3 Å². The van der Waals surface area contributed by atoms with Crippen molar-refractivity contribution in [2.24, 2.45) is 0 Å². The topological polar surface area (TPSA) is 85.4 Å². The number of anilines is 2. The maximum absolute atomic E-state index is 12.0. The Labute approximate surface area is 149 Å². The second kappa shape index (κ2) is 7.37. The molecule has 1 aliphatic heterocycles. The van der Waals surface area contributed by atoms with Gasteiger partial charge in [0.15, 0.2) is 0 Å². The van der Waals surface area contributed by atoms with Crippen LogP contribution in [0.1, 0.15) is 36.6 Å². The maximum atomic E-state index is 12.0. The van der Waals surface area contributed by atoms with Crippen molar-refractivity contribution in [3.05, 3.63) is 29.3 Å². The van der Waals surface area contributed by atoms with Crippen LogP contribution in [0.5, 0.6) is 5.75 Å². The standard InChI is InChI=1S/C17H20N4O3S/c22-16(19-17-21-20-15(25-17)11-3-4-11)18-12-5-7-13(8-6-12)24-10-14-2-1-9-23-14/h5-8,11,14H,1-4,9-10H2,(H2,18,19,21,22). The van der Waals surface area contributed by atoms with Crippen molar-refractivity contribution in [3.8, 4) is 5.75 Å². The van der Waals surface area contributed by atoms with Crippen molar-refractivity contribution in [3.63, 3.8) is 0 Å². The van der Waals surface area contributed by atoms with E-state index in [9.17, 15) is 4.79 Å². The summed E-state index contributed by atoms with van der Waals surface area (Å²) in [5.41, 5.74) is 0.689. The lowest BCUT2D eigenvalue weighted by molar-refractivity contribution is 0.0679. The predicted octanol–water partition coefficient (Wildman–Crippen LogP) is 3.62. The number of aromatic nitrogens is 2. The second-order valence-corrected chi connectivity index (χ2v) is 7.28. The van der Waals surface area contributed by atoms with E-state index in [0.717, 1.165) is 30.2 Å². The number of urea groups is 1. The summed E-state index contributed by atoms with van der Waals surface area (Å²) < 4.78 is 11.2. The Morgan fingerprint density at radius 1 is 1.20 bits per heavy atom. The Kier molecular flexibility index (Phi) is 4.80. The minimum atomic E-state index is -0.327. The van der Waals surface area contributed by atoms with Crippen molar-refractivity contribution in [2.45, 2.75) is 37.7 Å². The van der Waals surface area contributed by atoms with Gasteiger partial charge in [-0.05, 0) is 49.9 Å². The molecule has 1 aliphatic carbocycles. The van der Waals surface area contributed by atoms with E-state index in [1.54, 1.807) is 12.1 Å². The highest BCUT2D eigenvalue weighted by Crippen LogP contribution is 2.42. The van der Waals surface area contributed by atoms with Crippen LogP contribution in [0.4, 0.5) is 15.6 Å². The molecule has 25 heavy (non-hydrogen) atoms. The monoisotopic (exact) mass is 360 g/mol. The Balaban J connectivity index is 1.25. The fourth-order valence-corrected chi connectivity index (χ4v) is 3.55. The zero-order chi connectivity index (χ0) is 17.1. The molecule has 2 heterocycles. The molecule has 2 N–H and O–H groups in total. The highest BCUT2D eigenvalue weighted by Gasteiger charge is 2.27. The number of benzene rings is 1. The normalized spacial score (nSPS) is 19.6. The van der Waals surface area contributed by atoms with Crippen molar-refractivity contribution in [2.75, 3.05) is 23.8 Å². The number of carbonyl (C=O) groups is 1. The average molecular weight is 360 g/mol. The number of nitrogens with one attached hydrogen (secondary N) is 2. The molecular weight excluding hydrogens is 340 g/mol. The molecule has 2 amide bonds. The lowest BCUT2D eigenvalue weighted by Gasteiger charge is -2.12. The van der Waals surface area contributed by atoms with Crippen LogP contribution in [0.3, 0.4) is 0 Å². The summed E-state index contributed by atoms with van der Waals surface area (Å²) in [6.45, 7) is 1.39. The lowest BCUT2D eigenvalue weighted by Crippen LogP contribution is -2.19. The molecule has 0 spiro atoms. The third-order valence-electron chi connectivity index (χ3n) is 4.16. The van der Waals surface area contributed by atoms with E-state index in [1.165, 1.54) is 24.2 Å². The molecule has 1 unspecified atom stereocenters. The first-order chi connectivity index (χ1) is 12.3. The Morgan fingerprint density at radius 2 is 2.04 bits per heavy atom. The quantitative estimate of drug-likeness (QED) is 0.822. The smallest absolute Gasteiger partial charge is 0.325 e. The lowest BCUT2D eigenvalue weighted by atomic mass is 10.2. The summed E-state index contributed by atoms with van der Waals surface area (Å²) in [6.07, 6.45) is 4.68. The van der Waals surface area contributed by atoms with Gasteiger partial charge in [-0.15, -0.1) is 10.2 Å². The number of rotatable bonds is 6. The molecule has 4 rings (SSSR count). The third-order valence-corrected chi connectivity index (χ3v) is 5.16. The SMILES string of the molecule is O=C(Nc1ccc(OCC2CCCO2)cc1)Nc1nnc(C2CC2)s1. The van der Waals surface area contributed by atoms with Crippen LogP contribution >= 0.6 is 11.3 Å². The van der Waals surface area contributed by atoms with E-state index in [0.29, 0.717) is 23.3 Å². The van der Waals surface area contributed by atoms with Gasteiger partial charge in [0.1, 0.15) is 17.4 Å². The number of hydrogen-bond donors (Lipinski definition) is 2. The molecule has 8 heteroatoms. The Morgan fingerprint density at radius 3 is 2.76 bits per heavy atom. The second-order valence-electron chi connectivity index (χ2n) is 6.27. The number of nitrogens with zero attached hydrogens (tertiary/aromatic N) is 2. The van der Waals surface area contributed by atoms with Crippen molar-refractivity contribution in [1.82, 2.24) is 10.2 Å². The minimum absolute atomic E-state index is 0.191. The molecule has 1 aromatic heterocycles. The molecule has 1 saturated carbocycles. The summed E-state index contributed by atoms with van der Waals surface area (Å²) >= 11 is 1.44. The third kappa shape index (κ3) is 4.46. The fraction of sp³-hybridized carbons (Fsp3) is 0.471. The first-order valence-electron chi connectivity index (χ1n) is 8.52. The van der Waals surface area contributed by atoms with Gasteiger partial charge in [0.05, 0.1) is 6.10 Å². The predicted molar refractivity (Wildman–Crippen MR) is 95.4 cm³/mol. The highest BCUT2D eigenvalue weighted by molar-refractivity contribution is 7.15. The highest BCUT2D eigenvalue weighted by atomic mass is 32.1. The molecule has 1 aromatic carbocycles. The Hall–Kier alpha value is -2.19. The summed E-state index contributed by atoms with van der Waals surface area (Å²) in [7, 11) is 0. The number of amides is 2. The van der Waals surface area contributed by atoms with Gasteiger partial charge < -0.3 is 14.8 Å². The van der Waals surface area contributed by atoms with Crippen LogP contribution in [0.2, 0.25) is 0 Å². The van der Waals surface area contributed by atoms with Gasteiger partial charge in [-0.3, -0.25) is 5.32 Å². The Bertz CT molecular complexity index is 724. The molecule has 2 aliphatic rings. The van der Waals surface area contributed by atoms with Crippen molar-refractivity contribution >= 4 is 28.2 Å². The molecule has 0 bridgehead atoms. The van der Waals surface area contributed by atoms with E-state index in [2.05, 4.69) is 20.8 Å². The molecule has 1 atom stereocenters. The fourth-order valence-electron chi connectivity index (χ4n) is 2.64. The van der Waals surface area contributed by atoms with Crippen molar-refractivity contribution in [1.29, 1.82) is 0 Å². The van der Waals surface area contributed by atoms with E-state index >= 15 is 0 Å². The summed E-state index contributed by atoms with van der Waals surface area (Å²) in [4.78, 5) is 12.0. The first kappa shape index (κ1) is 16.3. The van der Waals surface area contributed by atoms with Crippen LogP contribution in [0.25, 0.3) is 0 Å². The van der Waals surface area contributed by atoms with E-state index in [4.69, 9.17) is 9.47 Å². The van der Waals surface area contributed by atoms with Gasteiger partial charge in [-0.1, -0.05) is 11.3 Å². The number of hydrogen-bond acceptors (Lipinski definition) is 6. The van der Waals surface area contributed by atoms with Gasteiger partial charge in [0.25, 0.3) is 0 Å². The zero-order valence-corrected chi connectivity index (χ0v) is 14.6. The summed E-state index contributed by atoms with van der Waals surface area (Å²) in [6, 6.07) is 6.95. The summed E-state index contributed by atoms with van der Waals surface area (Å²) in [5, 5.41) is 15.1. The van der Waals surface area contributed by atoms with E-state index in [-0.39, 0.29) is 12.1 Å². The van der Waals surface area contributed by atoms with Crippen LogP contribution in [0, 0.1) is 0 Å². The van der Waals surface area contributed by atoms with Gasteiger partial charge in [0, 0.05) is 18.2 Å². The molecule has 132 valence electrons. The number of ether oxygens (including phenoxy) is 2. The summed E-state index contributed by atoms with van der Waals surface area (Å²) in [5.74, 6) is 1.30. The molecule has 0 radical (unpaired) electrons. The molecule has 2 fully saturated rings. The molecular formula is C17H20N4O3S. The van der Waals surface area contributed by atoms with Crippen molar-refractivity contribution < 1.29 is 14.3 Å². The van der Waals surface area contributed by atoms with Gasteiger partial charge in [-0.25, -0.2) is 4.79 Å². The largest absolute Gasteiger partial charge is 0.491 e. The maximum Gasteiger partial charge on any atom is 0.325 e. The van der Waals surface area contributed by atoms with Gasteiger partial charge >= 0.3 is 6.03 Å². The first-order valence-corrected chi connectivity index (χ1v) is 9.34. The zero-order valence-electron chi connectivity index (χ0n) is 13.7. The van der Waals surface area contributed by atoms with Gasteiger partial charge in [0.2, 0.25) is 5.13 Å². The number of carbonyl (C=O) groups excluding carboxylic acids is 1. The molecule has 1 saturated heterocycles. The van der Waals surface area contributed by atoms with Crippen LogP contribution in [-0.4, -0.2) is 35.5 Å². The van der Waals surface area contributed by atoms with Crippen LogP contribution < -0.4 is 15.4 Å². The minimum Gasteiger partial charge on any atom is -0.491 e. The van der Waals surface area contributed by atoms with Gasteiger partial charge in [-0.2, -0.15) is 0 Å². The van der Waals surface area contributed by atoms with Crippen LogP contribution in [-0.2, 0) is 4.74 Å². The van der Waals surface area contributed by atoms with E-state index < -0.39 is 0 Å². The molecule has 2 aromatic rings. The average Bonchev–Trinajstić information content (AvgIpc) is 3.14.